The van der Waals surface area contributed by atoms with Gasteiger partial charge in [-0.3, -0.25) is 5.10 Å². The third-order valence-corrected chi connectivity index (χ3v) is 3.00. The molecule has 0 unspecified atom stereocenters. The van der Waals surface area contributed by atoms with Gasteiger partial charge in [-0.25, -0.2) is 0 Å². The summed E-state index contributed by atoms with van der Waals surface area (Å²) in [6, 6.07) is 5.99. The van der Waals surface area contributed by atoms with Crippen molar-refractivity contribution in [3.05, 3.63) is 29.5 Å². The van der Waals surface area contributed by atoms with Crippen molar-refractivity contribution < 1.29 is 0 Å². The van der Waals surface area contributed by atoms with Crippen LogP contribution in [-0.2, 0) is 6.42 Å². The Hall–Kier alpha value is -1.86. The second kappa shape index (κ2) is 5.41. The Bertz CT molecular complexity index is 599. The Morgan fingerprint density at radius 3 is 2.84 bits per heavy atom. The molecule has 1 heterocycles. The van der Waals surface area contributed by atoms with E-state index in [1.165, 1.54) is 5.56 Å². The summed E-state index contributed by atoms with van der Waals surface area (Å²) in [7, 11) is 0. The van der Waals surface area contributed by atoms with Gasteiger partial charge in [0.15, 0.2) is 0 Å². The zero-order valence-corrected chi connectivity index (χ0v) is 11.7. The summed E-state index contributed by atoms with van der Waals surface area (Å²) in [6.07, 6.45) is 2.73. The van der Waals surface area contributed by atoms with Gasteiger partial charge < -0.3 is 5.32 Å². The highest BCUT2D eigenvalue weighted by Crippen LogP contribution is 2.19. The summed E-state index contributed by atoms with van der Waals surface area (Å²) in [5, 5.41) is 20.6. The Labute approximate surface area is 113 Å². The summed E-state index contributed by atoms with van der Waals surface area (Å²) in [4.78, 5) is 0. The molecule has 0 aliphatic rings. The number of benzene rings is 1. The van der Waals surface area contributed by atoms with Gasteiger partial charge in [-0.1, -0.05) is 20.8 Å². The van der Waals surface area contributed by atoms with E-state index in [4.69, 9.17) is 5.26 Å². The number of aromatic amines is 1. The van der Waals surface area contributed by atoms with Gasteiger partial charge in [0.2, 0.25) is 0 Å². The van der Waals surface area contributed by atoms with Gasteiger partial charge in [-0.2, -0.15) is 10.4 Å². The van der Waals surface area contributed by atoms with Crippen molar-refractivity contribution in [1.29, 1.82) is 5.26 Å². The van der Waals surface area contributed by atoms with Crippen molar-refractivity contribution in [1.82, 2.24) is 15.5 Å². The van der Waals surface area contributed by atoms with Crippen LogP contribution in [0, 0.1) is 16.7 Å². The molecule has 1 aromatic carbocycles. The molecule has 1 aromatic heterocycles. The fourth-order valence-corrected chi connectivity index (χ4v) is 2.08. The monoisotopic (exact) mass is 256 g/mol. The quantitative estimate of drug-likeness (QED) is 0.826. The van der Waals surface area contributed by atoms with Crippen molar-refractivity contribution in [2.45, 2.75) is 27.2 Å². The molecule has 0 spiro atoms. The largest absolute Gasteiger partial charge is 0.316 e. The van der Waals surface area contributed by atoms with Gasteiger partial charge in [-0.05, 0) is 36.1 Å². The average Bonchev–Trinajstić information content (AvgIpc) is 2.81. The Balaban J connectivity index is 2.08. The lowest BCUT2D eigenvalue weighted by atomic mass is 9.97. The Morgan fingerprint density at radius 2 is 2.16 bits per heavy atom. The number of hydrogen-bond acceptors (Lipinski definition) is 3. The van der Waals surface area contributed by atoms with Gasteiger partial charge in [0, 0.05) is 11.9 Å². The van der Waals surface area contributed by atoms with Crippen molar-refractivity contribution >= 4 is 10.9 Å². The molecule has 4 heteroatoms. The van der Waals surface area contributed by atoms with E-state index in [1.807, 2.05) is 18.3 Å². The average molecular weight is 256 g/mol. The van der Waals surface area contributed by atoms with E-state index < -0.39 is 0 Å². The fraction of sp³-hybridized carbons (Fsp3) is 0.467. The molecule has 0 radical (unpaired) electrons. The topological polar surface area (TPSA) is 64.5 Å². The first-order valence-corrected chi connectivity index (χ1v) is 6.56. The van der Waals surface area contributed by atoms with Crippen LogP contribution in [0.4, 0.5) is 0 Å². The van der Waals surface area contributed by atoms with E-state index in [9.17, 15) is 0 Å². The maximum absolute atomic E-state index is 9.04. The van der Waals surface area contributed by atoms with E-state index in [0.29, 0.717) is 11.0 Å². The fourth-order valence-electron chi connectivity index (χ4n) is 2.08. The van der Waals surface area contributed by atoms with Crippen LogP contribution in [0.15, 0.2) is 18.3 Å². The van der Waals surface area contributed by atoms with E-state index in [0.717, 1.165) is 30.4 Å². The second-order valence-electron chi connectivity index (χ2n) is 6.07. The highest BCUT2D eigenvalue weighted by Gasteiger charge is 2.10. The molecule has 4 nitrogen and oxygen atoms in total. The third kappa shape index (κ3) is 3.55. The first-order chi connectivity index (χ1) is 8.99. The van der Waals surface area contributed by atoms with Crippen molar-refractivity contribution in [2.24, 2.45) is 5.41 Å². The molecule has 0 fully saturated rings. The highest BCUT2D eigenvalue weighted by molar-refractivity contribution is 5.83. The van der Waals surface area contributed by atoms with Gasteiger partial charge in [0.25, 0.3) is 0 Å². The summed E-state index contributed by atoms with van der Waals surface area (Å²) in [6.45, 7) is 8.53. The number of aromatic nitrogens is 2. The maximum Gasteiger partial charge on any atom is 0.0992 e. The number of H-pyrrole nitrogens is 1. The van der Waals surface area contributed by atoms with Gasteiger partial charge in [0.05, 0.1) is 23.3 Å². The summed E-state index contributed by atoms with van der Waals surface area (Å²) < 4.78 is 0. The molecule has 0 atom stereocenters. The highest BCUT2D eigenvalue weighted by atomic mass is 15.1. The van der Waals surface area contributed by atoms with E-state index >= 15 is 0 Å². The molecular formula is C15H20N4. The first-order valence-electron chi connectivity index (χ1n) is 6.56. The van der Waals surface area contributed by atoms with Crippen molar-refractivity contribution in [3.8, 4) is 6.07 Å². The minimum Gasteiger partial charge on any atom is -0.316 e. The molecule has 100 valence electrons. The van der Waals surface area contributed by atoms with E-state index in [2.05, 4.69) is 42.4 Å². The van der Waals surface area contributed by atoms with Crippen LogP contribution in [0.3, 0.4) is 0 Å². The number of rotatable bonds is 4. The normalized spacial score (nSPS) is 11.7. The molecule has 2 N–H and O–H groups in total. The molecule has 0 saturated heterocycles. The lowest BCUT2D eigenvalue weighted by Crippen LogP contribution is -2.28. The minimum absolute atomic E-state index is 0.291. The van der Waals surface area contributed by atoms with Crippen LogP contribution in [0.1, 0.15) is 31.9 Å². The lowest BCUT2D eigenvalue weighted by Gasteiger charge is -2.18. The second-order valence-corrected chi connectivity index (χ2v) is 6.07. The van der Waals surface area contributed by atoms with Crippen molar-refractivity contribution in [2.75, 3.05) is 13.1 Å². The Kier molecular flexibility index (Phi) is 3.87. The molecule has 0 amide bonds. The number of nitriles is 1. The molecule has 0 saturated carbocycles. The predicted molar refractivity (Wildman–Crippen MR) is 76.8 cm³/mol. The molecule has 2 aromatic rings. The van der Waals surface area contributed by atoms with E-state index in [-0.39, 0.29) is 0 Å². The zero-order chi connectivity index (χ0) is 13.9. The Morgan fingerprint density at radius 1 is 1.37 bits per heavy atom. The van der Waals surface area contributed by atoms with Crippen LogP contribution >= 0.6 is 0 Å². The van der Waals surface area contributed by atoms with Gasteiger partial charge >= 0.3 is 0 Å². The molecule has 0 bridgehead atoms. The van der Waals surface area contributed by atoms with Crippen LogP contribution in [0.5, 0.6) is 0 Å². The number of fused-ring (bicyclic) bond motifs is 1. The van der Waals surface area contributed by atoms with Crippen LogP contribution < -0.4 is 5.32 Å². The molecule has 19 heavy (non-hydrogen) atoms. The first kappa shape index (κ1) is 13.6. The van der Waals surface area contributed by atoms with Crippen LogP contribution in [0.25, 0.3) is 10.9 Å². The van der Waals surface area contributed by atoms with Gasteiger partial charge in [-0.15, -0.1) is 0 Å². The molecular weight excluding hydrogens is 236 g/mol. The summed E-state index contributed by atoms with van der Waals surface area (Å²) >= 11 is 0. The molecule has 0 aliphatic heterocycles. The van der Waals surface area contributed by atoms with Crippen LogP contribution in [-0.4, -0.2) is 23.3 Å². The predicted octanol–water partition coefficient (Wildman–Crippen LogP) is 2.61. The minimum atomic E-state index is 0.291. The summed E-state index contributed by atoms with van der Waals surface area (Å²) in [5.74, 6) is 0. The molecule has 0 aliphatic carbocycles. The van der Waals surface area contributed by atoms with Crippen molar-refractivity contribution in [3.63, 3.8) is 0 Å². The number of nitrogens with one attached hydrogen (secondary N) is 2. The SMILES string of the molecule is CC(C)(C)CNCCc1cc(C#N)cc2[nH]ncc12. The number of hydrogen-bond donors (Lipinski definition) is 2. The van der Waals surface area contributed by atoms with Crippen LogP contribution in [0.2, 0.25) is 0 Å². The van der Waals surface area contributed by atoms with Gasteiger partial charge in [0.1, 0.15) is 0 Å². The molecule has 2 rings (SSSR count). The summed E-state index contributed by atoms with van der Waals surface area (Å²) in [5.41, 5.74) is 3.08. The van der Waals surface area contributed by atoms with E-state index in [1.54, 1.807) is 0 Å². The standard InChI is InChI=1S/C15H20N4/c1-15(2,3)10-17-5-4-12-6-11(8-16)7-14-13(12)9-18-19-14/h6-7,9,17H,4-5,10H2,1-3H3,(H,18,19). The third-order valence-electron chi connectivity index (χ3n) is 3.00. The lowest BCUT2D eigenvalue weighted by molar-refractivity contribution is 0.382. The number of nitrogens with zero attached hydrogens (tertiary/aromatic N) is 2. The maximum atomic E-state index is 9.04. The zero-order valence-electron chi connectivity index (χ0n) is 11.7. The smallest absolute Gasteiger partial charge is 0.0992 e.